The Morgan fingerprint density at radius 3 is 2.84 bits per heavy atom. The summed E-state index contributed by atoms with van der Waals surface area (Å²) in [5.74, 6) is 0.212. The highest BCUT2D eigenvalue weighted by Gasteiger charge is 2.35. The number of carbonyl (C=O) groups excluding carboxylic acids is 1. The van der Waals surface area contributed by atoms with Crippen molar-refractivity contribution in [2.24, 2.45) is 5.73 Å². The minimum atomic E-state index is -0.622. The van der Waals surface area contributed by atoms with Gasteiger partial charge in [0.25, 0.3) is 11.6 Å². The van der Waals surface area contributed by atoms with Crippen LogP contribution in [0, 0.1) is 10.1 Å². The van der Waals surface area contributed by atoms with Crippen molar-refractivity contribution in [3.05, 3.63) is 28.3 Å². The van der Waals surface area contributed by atoms with Gasteiger partial charge in [0.05, 0.1) is 10.6 Å². The van der Waals surface area contributed by atoms with Crippen LogP contribution in [-0.2, 0) is 4.79 Å². The minimum Gasteiger partial charge on any atom is -0.479 e. The summed E-state index contributed by atoms with van der Waals surface area (Å²) in [6.07, 6.45) is -0.622. The molecule has 102 valence electrons. The lowest BCUT2D eigenvalue weighted by Crippen LogP contribution is -2.51. The zero-order valence-corrected chi connectivity index (χ0v) is 10.7. The molecule has 1 aliphatic heterocycles. The standard InChI is InChI=1S/C12H15N3O4/c1-7(6-13)14-10-5-9(15(17)18)3-4-11(10)19-8(2)12(14)16/h3-5,7-8H,6,13H2,1-2H3. The molecule has 2 unspecified atom stereocenters. The van der Waals surface area contributed by atoms with Crippen molar-refractivity contribution in [3.63, 3.8) is 0 Å². The summed E-state index contributed by atoms with van der Waals surface area (Å²) in [4.78, 5) is 23.9. The Labute approximate surface area is 110 Å². The molecule has 0 aliphatic carbocycles. The van der Waals surface area contributed by atoms with Gasteiger partial charge < -0.3 is 15.4 Å². The van der Waals surface area contributed by atoms with Gasteiger partial charge in [0.15, 0.2) is 6.10 Å². The molecule has 1 aromatic rings. The Bertz CT molecular complexity index is 532. The Morgan fingerprint density at radius 2 is 2.26 bits per heavy atom. The number of rotatable bonds is 3. The number of hydrogen-bond donors (Lipinski definition) is 1. The maximum atomic E-state index is 12.1. The number of benzene rings is 1. The number of anilines is 1. The third-order valence-electron chi connectivity index (χ3n) is 3.08. The molecule has 0 bridgehead atoms. The quantitative estimate of drug-likeness (QED) is 0.650. The van der Waals surface area contributed by atoms with Crippen LogP contribution in [0.4, 0.5) is 11.4 Å². The average Bonchev–Trinajstić information content (AvgIpc) is 2.39. The van der Waals surface area contributed by atoms with Crippen LogP contribution >= 0.6 is 0 Å². The molecule has 1 amide bonds. The lowest BCUT2D eigenvalue weighted by Gasteiger charge is -2.36. The van der Waals surface area contributed by atoms with Crippen molar-refractivity contribution >= 4 is 17.3 Å². The van der Waals surface area contributed by atoms with Crippen LogP contribution in [0.25, 0.3) is 0 Å². The third kappa shape index (κ3) is 2.24. The van der Waals surface area contributed by atoms with E-state index >= 15 is 0 Å². The lowest BCUT2D eigenvalue weighted by molar-refractivity contribution is -0.384. The Morgan fingerprint density at radius 1 is 1.58 bits per heavy atom. The normalized spacial score (nSPS) is 19.6. The lowest BCUT2D eigenvalue weighted by atomic mass is 10.1. The molecular weight excluding hydrogens is 250 g/mol. The number of ether oxygens (including phenoxy) is 1. The second kappa shape index (κ2) is 4.85. The molecule has 2 atom stereocenters. The van der Waals surface area contributed by atoms with Crippen molar-refractivity contribution in [1.29, 1.82) is 0 Å². The topological polar surface area (TPSA) is 98.7 Å². The predicted octanol–water partition coefficient (Wildman–Crippen LogP) is 1.06. The summed E-state index contributed by atoms with van der Waals surface area (Å²) in [6.45, 7) is 3.70. The van der Waals surface area contributed by atoms with Crippen molar-refractivity contribution in [1.82, 2.24) is 0 Å². The molecule has 19 heavy (non-hydrogen) atoms. The fourth-order valence-corrected chi connectivity index (χ4v) is 2.02. The first-order valence-electron chi connectivity index (χ1n) is 5.94. The van der Waals surface area contributed by atoms with Gasteiger partial charge in [-0.1, -0.05) is 0 Å². The van der Waals surface area contributed by atoms with Crippen LogP contribution in [0.1, 0.15) is 13.8 Å². The van der Waals surface area contributed by atoms with Crippen LogP contribution in [-0.4, -0.2) is 29.5 Å². The molecule has 2 rings (SSSR count). The van der Waals surface area contributed by atoms with E-state index in [1.165, 1.54) is 23.1 Å². The van der Waals surface area contributed by atoms with Gasteiger partial charge in [-0.2, -0.15) is 0 Å². The van der Waals surface area contributed by atoms with Gasteiger partial charge in [-0.05, 0) is 19.9 Å². The van der Waals surface area contributed by atoms with Crippen molar-refractivity contribution < 1.29 is 14.5 Å². The molecule has 0 fully saturated rings. The number of hydrogen-bond acceptors (Lipinski definition) is 5. The predicted molar refractivity (Wildman–Crippen MR) is 69.2 cm³/mol. The van der Waals surface area contributed by atoms with Crippen LogP contribution in [0.3, 0.4) is 0 Å². The molecule has 7 nitrogen and oxygen atoms in total. The number of nitro benzene ring substituents is 1. The van der Waals surface area contributed by atoms with Crippen LogP contribution < -0.4 is 15.4 Å². The van der Waals surface area contributed by atoms with E-state index in [4.69, 9.17) is 10.5 Å². The van der Waals surface area contributed by atoms with Gasteiger partial charge in [0.2, 0.25) is 0 Å². The van der Waals surface area contributed by atoms with Crippen molar-refractivity contribution in [3.8, 4) is 5.75 Å². The van der Waals surface area contributed by atoms with E-state index in [2.05, 4.69) is 0 Å². The summed E-state index contributed by atoms with van der Waals surface area (Å²) in [7, 11) is 0. The van der Waals surface area contributed by atoms with E-state index in [1.54, 1.807) is 13.8 Å². The molecule has 0 radical (unpaired) electrons. The summed E-state index contributed by atoms with van der Waals surface area (Å²) in [5, 5.41) is 10.8. The number of fused-ring (bicyclic) bond motifs is 1. The van der Waals surface area contributed by atoms with Gasteiger partial charge in [0, 0.05) is 24.7 Å². The number of carbonyl (C=O) groups is 1. The number of non-ortho nitro benzene ring substituents is 1. The Hall–Kier alpha value is -2.15. The molecule has 0 spiro atoms. The van der Waals surface area contributed by atoms with Crippen LogP contribution in [0.15, 0.2) is 18.2 Å². The van der Waals surface area contributed by atoms with E-state index < -0.39 is 11.0 Å². The second-order valence-corrected chi connectivity index (χ2v) is 4.46. The highest BCUT2D eigenvalue weighted by molar-refractivity contribution is 6.00. The average molecular weight is 265 g/mol. The molecule has 0 saturated heterocycles. The number of nitro groups is 1. The first-order chi connectivity index (χ1) is 8.95. The molecule has 1 heterocycles. The van der Waals surface area contributed by atoms with E-state index in [0.717, 1.165) is 0 Å². The zero-order chi connectivity index (χ0) is 14.2. The fraction of sp³-hybridized carbons (Fsp3) is 0.417. The van der Waals surface area contributed by atoms with Crippen LogP contribution in [0.5, 0.6) is 5.75 Å². The molecule has 1 aromatic carbocycles. The molecule has 1 aliphatic rings. The molecule has 0 aromatic heterocycles. The largest absolute Gasteiger partial charge is 0.479 e. The highest BCUT2D eigenvalue weighted by Crippen LogP contribution is 2.37. The van der Waals surface area contributed by atoms with E-state index in [9.17, 15) is 14.9 Å². The Balaban J connectivity index is 2.54. The zero-order valence-electron chi connectivity index (χ0n) is 10.7. The van der Waals surface area contributed by atoms with Crippen molar-refractivity contribution in [2.75, 3.05) is 11.4 Å². The Kier molecular flexibility index (Phi) is 3.39. The summed E-state index contributed by atoms with van der Waals surface area (Å²) in [5.41, 5.74) is 5.91. The number of amides is 1. The SMILES string of the molecule is CC1Oc2ccc([N+](=O)[O-])cc2N(C(C)CN)C1=O. The maximum Gasteiger partial charge on any atom is 0.271 e. The smallest absolute Gasteiger partial charge is 0.271 e. The van der Waals surface area contributed by atoms with E-state index in [-0.39, 0.29) is 24.2 Å². The van der Waals surface area contributed by atoms with Crippen LogP contribution in [0.2, 0.25) is 0 Å². The summed E-state index contributed by atoms with van der Waals surface area (Å²) < 4.78 is 5.45. The van der Waals surface area contributed by atoms with Crippen molar-refractivity contribution in [2.45, 2.75) is 26.0 Å². The van der Waals surface area contributed by atoms with Gasteiger partial charge in [-0.15, -0.1) is 0 Å². The van der Waals surface area contributed by atoms with Gasteiger partial charge in [-0.25, -0.2) is 0 Å². The first kappa shape index (κ1) is 13.3. The second-order valence-electron chi connectivity index (χ2n) is 4.46. The number of nitrogens with zero attached hydrogens (tertiary/aromatic N) is 2. The maximum absolute atomic E-state index is 12.1. The molecular formula is C12H15N3O4. The van der Waals surface area contributed by atoms with Gasteiger partial charge in [0.1, 0.15) is 5.75 Å². The molecule has 7 heteroatoms. The van der Waals surface area contributed by atoms with E-state index in [0.29, 0.717) is 11.4 Å². The first-order valence-corrected chi connectivity index (χ1v) is 5.94. The third-order valence-corrected chi connectivity index (χ3v) is 3.08. The molecule has 2 N–H and O–H groups in total. The molecule has 0 saturated carbocycles. The summed E-state index contributed by atoms with van der Waals surface area (Å²) >= 11 is 0. The van der Waals surface area contributed by atoms with Gasteiger partial charge in [-0.3, -0.25) is 14.9 Å². The monoisotopic (exact) mass is 265 g/mol. The van der Waals surface area contributed by atoms with Gasteiger partial charge >= 0.3 is 0 Å². The fourth-order valence-electron chi connectivity index (χ4n) is 2.02. The van der Waals surface area contributed by atoms with E-state index in [1.807, 2.05) is 0 Å². The highest BCUT2D eigenvalue weighted by atomic mass is 16.6. The number of nitrogens with two attached hydrogens (primary N) is 1. The summed E-state index contributed by atoms with van der Waals surface area (Å²) in [6, 6.07) is 3.95. The minimum absolute atomic E-state index is 0.0843.